The molecule has 7 heteroatoms. The third-order valence-electron chi connectivity index (χ3n) is 2.28. The zero-order valence-corrected chi connectivity index (χ0v) is 9.50. The lowest BCUT2D eigenvalue weighted by Gasteiger charge is -2.02. The predicted molar refractivity (Wildman–Crippen MR) is 59.6 cm³/mol. The summed E-state index contributed by atoms with van der Waals surface area (Å²) in [5.74, 6) is -1.40. The van der Waals surface area contributed by atoms with Gasteiger partial charge in [-0.05, 0) is 18.2 Å². The molecule has 1 heterocycles. The molecule has 1 aromatic heterocycles. The van der Waals surface area contributed by atoms with Crippen LogP contribution in [-0.2, 0) is 11.3 Å². The van der Waals surface area contributed by atoms with E-state index in [1.54, 1.807) is 6.07 Å². The molecule has 0 aliphatic rings. The average molecular weight is 251 g/mol. The van der Waals surface area contributed by atoms with Crippen LogP contribution >= 0.6 is 0 Å². The van der Waals surface area contributed by atoms with Gasteiger partial charge in [-0.15, -0.1) is 5.10 Å². The second-order valence-electron chi connectivity index (χ2n) is 3.54. The number of carbonyl (C=O) groups is 1. The first-order chi connectivity index (χ1) is 8.60. The maximum atomic E-state index is 13.5. The third-order valence-corrected chi connectivity index (χ3v) is 2.28. The van der Waals surface area contributed by atoms with Crippen LogP contribution in [0.2, 0.25) is 0 Å². The van der Waals surface area contributed by atoms with Crippen molar-refractivity contribution in [1.82, 2.24) is 15.0 Å². The minimum Gasteiger partial charge on any atom is -0.494 e. The summed E-state index contributed by atoms with van der Waals surface area (Å²) in [4.78, 5) is 10.5. The Hall–Kier alpha value is -2.44. The first-order valence-corrected chi connectivity index (χ1v) is 5.06. The van der Waals surface area contributed by atoms with Crippen molar-refractivity contribution in [3.05, 3.63) is 30.2 Å². The molecule has 0 fully saturated rings. The molecule has 0 amide bonds. The topological polar surface area (TPSA) is 77.2 Å². The molecule has 0 bridgehead atoms. The first kappa shape index (κ1) is 12.0. The number of carboxylic acids is 1. The van der Waals surface area contributed by atoms with Crippen LogP contribution in [0.1, 0.15) is 0 Å². The van der Waals surface area contributed by atoms with E-state index in [1.807, 2.05) is 0 Å². The Morgan fingerprint density at radius 2 is 2.33 bits per heavy atom. The maximum absolute atomic E-state index is 13.5. The van der Waals surface area contributed by atoms with Gasteiger partial charge in [0.2, 0.25) is 0 Å². The number of methoxy groups -OCH3 is 1. The van der Waals surface area contributed by atoms with Gasteiger partial charge in [0.25, 0.3) is 0 Å². The number of hydrogen-bond acceptors (Lipinski definition) is 4. The van der Waals surface area contributed by atoms with E-state index < -0.39 is 11.8 Å². The molecule has 0 saturated heterocycles. The van der Waals surface area contributed by atoms with Crippen molar-refractivity contribution in [3.8, 4) is 17.0 Å². The first-order valence-electron chi connectivity index (χ1n) is 5.06. The average Bonchev–Trinajstić information content (AvgIpc) is 2.76. The number of aliphatic carboxylic acids is 1. The zero-order valence-electron chi connectivity index (χ0n) is 9.50. The SMILES string of the molecule is COc1ccc(-c2cn(CC(=O)O)nn2)cc1F. The highest BCUT2D eigenvalue weighted by Gasteiger charge is 2.09. The van der Waals surface area contributed by atoms with Crippen LogP contribution < -0.4 is 4.74 Å². The van der Waals surface area contributed by atoms with Gasteiger partial charge in [-0.2, -0.15) is 0 Å². The summed E-state index contributed by atoms with van der Waals surface area (Å²) in [6.07, 6.45) is 1.44. The summed E-state index contributed by atoms with van der Waals surface area (Å²) < 4.78 is 19.4. The lowest BCUT2D eigenvalue weighted by atomic mass is 10.1. The van der Waals surface area contributed by atoms with E-state index in [-0.39, 0.29) is 12.3 Å². The summed E-state index contributed by atoms with van der Waals surface area (Å²) in [5.41, 5.74) is 0.905. The predicted octanol–water partition coefficient (Wildman–Crippen LogP) is 1.18. The van der Waals surface area contributed by atoms with E-state index >= 15 is 0 Å². The number of hydrogen-bond donors (Lipinski definition) is 1. The second kappa shape index (κ2) is 4.82. The Morgan fingerprint density at radius 1 is 1.56 bits per heavy atom. The number of rotatable bonds is 4. The Bertz CT molecular complexity index is 583. The van der Waals surface area contributed by atoms with Crippen molar-refractivity contribution >= 4 is 5.97 Å². The van der Waals surface area contributed by atoms with Gasteiger partial charge >= 0.3 is 5.97 Å². The van der Waals surface area contributed by atoms with Crippen LogP contribution in [0, 0.1) is 5.82 Å². The number of nitrogens with zero attached hydrogens (tertiary/aromatic N) is 3. The van der Waals surface area contributed by atoms with Gasteiger partial charge in [0, 0.05) is 5.56 Å². The lowest BCUT2D eigenvalue weighted by molar-refractivity contribution is -0.137. The number of aromatic nitrogens is 3. The highest BCUT2D eigenvalue weighted by molar-refractivity contribution is 5.66. The van der Waals surface area contributed by atoms with E-state index in [0.717, 1.165) is 0 Å². The smallest absolute Gasteiger partial charge is 0.325 e. The second-order valence-corrected chi connectivity index (χ2v) is 3.54. The Morgan fingerprint density at radius 3 is 2.94 bits per heavy atom. The standard InChI is InChI=1S/C11H10FN3O3/c1-18-10-3-2-7(4-8(10)12)9-5-15(14-13-9)6-11(16)17/h2-5H,6H2,1H3,(H,16,17). The normalized spacial score (nSPS) is 10.3. The van der Waals surface area contributed by atoms with Crippen LogP contribution in [0.15, 0.2) is 24.4 Å². The number of benzene rings is 1. The fourth-order valence-electron chi connectivity index (χ4n) is 1.47. The van der Waals surface area contributed by atoms with E-state index in [0.29, 0.717) is 11.3 Å². The summed E-state index contributed by atoms with van der Waals surface area (Å²) >= 11 is 0. The molecule has 0 radical (unpaired) electrons. The quantitative estimate of drug-likeness (QED) is 0.882. The van der Waals surface area contributed by atoms with Crippen molar-refractivity contribution in [1.29, 1.82) is 0 Å². The molecule has 0 atom stereocenters. The molecule has 1 N–H and O–H groups in total. The molecule has 0 aliphatic heterocycles. The fraction of sp³-hybridized carbons (Fsp3) is 0.182. The molecule has 2 aromatic rings. The molecule has 0 aliphatic carbocycles. The lowest BCUT2D eigenvalue weighted by Crippen LogP contribution is -2.08. The number of carboxylic acid groups (broad SMARTS) is 1. The van der Waals surface area contributed by atoms with Crippen LogP contribution in [0.3, 0.4) is 0 Å². The Kier molecular flexibility index (Phi) is 3.22. The molecule has 0 spiro atoms. The Balaban J connectivity index is 2.28. The maximum Gasteiger partial charge on any atom is 0.325 e. The summed E-state index contributed by atoms with van der Waals surface area (Å²) in [5, 5.41) is 16.0. The van der Waals surface area contributed by atoms with Crippen LogP contribution in [0.25, 0.3) is 11.3 Å². The summed E-state index contributed by atoms with van der Waals surface area (Å²) in [6.45, 7) is -0.286. The van der Waals surface area contributed by atoms with Crippen molar-refractivity contribution in [2.45, 2.75) is 6.54 Å². The van der Waals surface area contributed by atoms with Gasteiger partial charge in [0.15, 0.2) is 11.6 Å². The van der Waals surface area contributed by atoms with E-state index in [2.05, 4.69) is 10.3 Å². The van der Waals surface area contributed by atoms with E-state index in [1.165, 1.54) is 30.1 Å². The minimum absolute atomic E-state index is 0.136. The molecule has 1 aromatic carbocycles. The molecular formula is C11H10FN3O3. The van der Waals surface area contributed by atoms with Crippen molar-refractivity contribution in [2.75, 3.05) is 7.11 Å². The van der Waals surface area contributed by atoms with Crippen LogP contribution in [0.4, 0.5) is 4.39 Å². The number of ether oxygens (including phenoxy) is 1. The largest absolute Gasteiger partial charge is 0.494 e. The molecular weight excluding hydrogens is 241 g/mol. The summed E-state index contributed by atoms with van der Waals surface area (Å²) in [6, 6.07) is 4.35. The van der Waals surface area contributed by atoms with E-state index in [4.69, 9.17) is 9.84 Å². The highest BCUT2D eigenvalue weighted by Crippen LogP contribution is 2.23. The molecule has 18 heavy (non-hydrogen) atoms. The zero-order chi connectivity index (χ0) is 13.1. The third kappa shape index (κ3) is 2.45. The molecule has 0 unspecified atom stereocenters. The van der Waals surface area contributed by atoms with Crippen molar-refractivity contribution in [3.63, 3.8) is 0 Å². The van der Waals surface area contributed by atoms with Gasteiger partial charge in [-0.1, -0.05) is 5.21 Å². The van der Waals surface area contributed by atoms with Crippen LogP contribution in [0.5, 0.6) is 5.75 Å². The number of halogens is 1. The minimum atomic E-state index is -1.02. The van der Waals surface area contributed by atoms with Gasteiger partial charge in [0.05, 0.1) is 13.3 Å². The molecule has 0 saturated carbocycles. The fourth-order valence-corrected chi connectivity index (χ4v) is 1.47. The molecule has 2 rings (SSSR count). The van der Waals surface area contributed by atoms with Crippen molar-refractivity contribution < 1.29 is 19.0 Å². The molecule has 6 nitrogen and oxygen atoms in total. The Labute approximate surface area is 102 Å². The van der Waals surface area contributed by atoms with Crippen molar-refractivity contribution in [2.24, 2.45) is 0 Å². The van der Waals surface area contributed by atoms with Gasteiger partial charge < -0.3 is 9.84 Å². The molecule has 94 valence electrons. The van der Waals surface area contributed by atoms with Crippen LogP contribution in [-0.4, -0.2) is 33.2 Å². The van der Waals surface area contributed by atoms with E-state index in [9.17, 15) is 9.18 Å². The highest BCUT2D eigenvalue weighted by atomic mass is 19.1. The monoisotopic (exact) mass is 251 g/mol. The van der Waals surface area contributed by atoms with Gasteiger partial charge in [-0.25, -0.2) is 9.07 Å². The van der Waals surface area contributed by atoms with Gasteiger partial charge in [0.1, 0.15) is 12.2 Å². The summed E-state index contributed by atoms with van der Waals surface area (Å²) in [7, 11) is 1.38. The van der Waals surface area contributed by atoms with Gasteiger partial charge in [-0.3, -0.25) is 4.79 Å².